The molecule has 0 bridgehead atoms. The van der Waals surface area contributed by atoms with E-state index in [2.05, 4.69) is 10.1 Å². The summed E-state index contributed by atoms with van der Waals surface area (Å²) in [5.41, 5.74) is 1.28. The molecule has 6 nitrogen and oxygen atoms in total. The molecular formula is C11H13N3O3. The predicted octanol–water partition coefficient (Wildman–Crippen LogP) is 1.15. The number of rotatable bonds is 2. The molecule has 0 aliphatic carbocycles. The Balaban J connectivity index is 2.83. The summed E-state index contributed by atoms with van der Waals surface area (Å²) in [5, 5.41) is 11.4. The summed E-state index contributed by atoms with van der Waals surface area (Å²) >= 11 is 0. The van der Waals surface area contributed by atoms with E-state index in [1.807, 2.05) is 13.8 Å². The van der Waals surface area contributed by atoms with Gasteiger partial charge in [0.05, 0.1) is 0 Å². The predicted molar refractivity (Wildman–Crippen MR) is 61.6 cm³/mol. The molecule has 0 aliphatic rings. The molecule has 2 N–H and O–H groups in total. The zero-order valence-corrected chi connectivity index (χ0v) is 9.81. The van der Waals surface area contributed by atoms with E-state index in [1.54, 1.807) is 6.92 Å². The van der Waals surface area contributed by atoms with Crippen molar-refractivity contribution in [3.8, 4) is 0 Å². The second-order valence-corrected chi connectivity index (χ2v) is 4.24. The quantitative estimate of drug-likeness (QED) is 0.817. The molecule has 0 fully saturated rings. The van der Waals surface area contributed by atoms with Gasteiger partial charge in [0.1, 0.15) is 5.69 Å². The van der Waals surface area contributed by atoms with E-state index in [0.717, 1.165) is 0 Å². The van der Waals surface area contributed by atoms with Crippen LogP contribution in [-0.4, -0.2) is 25.7 Å². The van der Waals surface area contributed by atoms with Crippen molar-refractivity contribution in [2.24, 2.45) is 0 Å². The first-order valence-corrected chi connectivity index (χ1v) is 5.27. The minimum Gasteiger partial charge on any atom is -0.477 e. The van der Waals surface area contributed by atoms with Crippen molar-refractivity contribution in [2.45, 2.75) is 26.7 Å². The van der Waals surface area contributed by atoms with E-state index < -0.39 is 5.97 Å². The monoisotopic (exact) mass is 235 g/mol. The second-order valence-electron chi connectivity index (χ2n) is 4.24. The van der Waals surface area contributed by atoms with Gasteiger partial charge >= 0.3 is 5.97 Å². The SMILES string of the molecule is Cc1nc2cc(C(=O)O)[nH]n2c(=O)c1C(C)C. The van der Waals surface area contributed by atoms with Crippen molar-refractivity contribution in [1.82, 2.24) is 14.6 Å². The lowest BCUT2D eigenvalue weighted by molar-refractivity contribution is 0.0690. The van der Waals surface area contributed by atoms with Gasteiger partial charge in [0, 0.05) is 17.3 Å². The Hall–Kier alpha value is -2.11. The Labute approximate surface area is 96.9 Å². The third-order valence-corrected chi connectivity index (χ3v) is 2.65. The van der Waals surface area contributed by atoms with Crippen LogP contribution in [0.3, 0.4) is 0 Å². The lowest BCUT2D eigenvalue weighted by Crippen LogP contribution is -2.22. The maximum absolute atomic E-state index is 12.1. The number of fused-ring (bicyclic) bond motifs is 1. The van der Waals surface area contributed by atoms with Crippen molar-refractivity contribution in [3.63, 3.8) is 0 Å². The van der Waals surface area contributed by atoms with Crippen LogP contribution in [0.25, 0.3) is 5.65 Å². The summed E-state index contributed by atoms with van der Waals surface area (Å²) in [5.74, 6) is -1.07. The molecule has 0 aromatic carbocycles. The first-order valence-electron chi connectivity index (χ1n) is 5.27. The maximum atomic E-state index is 12.1. The number of H-pyrrole nitrogens is 1. The normalized spacial score (nSPS) is 11.3. The summed E-state index contributed by atoms with van der Waals surface area (Å²) in [4.78, 5) is 27.2. The van der Waals surface area contributed by atoms with Crippen LogP contribution in [0.1, 0.15) is 41.5 Å². The van der Waals surface area contributed by atoms with Crippen LogP contribution in [0.5, 0.6) is 0 Å². The molecule has 0 spiro atoms. The number of carboxylic acids is 1. The van der Waals surface area contributed by atoms with Crippen molar-refractivity contribution in [1.29, 1.82) is 0 Å². The molecule has 17 heavy (non-hydrogen) atoms. The Bertz CT molecular complexity index is 652. The van der Waals surface area contributed by atoms with Crippen LogP contribution in [0.15, 0.2) is 10.9 Å². The van der Waals surface area contributed by atoms with Crippen LogP contribution in [0.2, 0.25) is 0 Å². The summed E-state index contributed by atoms with van der Waals surface area (Å²) in [6, 6.07) is 1.35. The van der Waals surface area contributed by atoms with Crippen molar-refractivity contribution in [3.05, 3.63) is 33.4 Å². The minimum absolute atomic E-state index is 0.0449. The van der Waals surface area contributed by atoms with Gasteiger partial charge in [0.25, 0.3) is 5.56 Å². The highest BCUT2D eigenvalue weighted by Crippen LogP contribution is 2.14. The van der Waals surface area contributed by atoms with Crippen LogP contribution < -0.4 is 5.56 Å². The van der Waals surface area contributed by atoms with Crippen LogP contribution >= 0.6 is 0 Å². The molecule has 0 saturated heterocycles. The number of aromatic nitrogens is 3. The van der Waals surface area contributed by atoms with Gasteiger partial charge in [-0.15, -0.1) is 0 Å². The van der Waals surface area contributed by atoms with Crippen molar-refractivity contribution < 1.29 is 9.90 Å². The average Bonchev–Trinajstić information content (AvgIpc) is 2.60. The van der Waals surface area contributed by atoms with Gasteiger partial charge in [-0.2, -0.15) is 0 Å². The fourth-order valence-corrected chi connectivity index (χ4v) is 1.92. The zero-order chi connectivity index (χ0) is 12.7. The van der Waals surface area contributed by atoms with Gasteiger partial charge in [0.15, 0.2) is 5.65 Å². The molecule has 2 heterocycles. The molecule has 90 valence electrons. The largest absolute Gasteiger partial charge is 0.477 e. The van der Waals surface area contributed by atoms with Crippen LogP contribution in [-0.2, 0) is 0 Å². The van der Waals surface area contributed by atoms with Crippen molar-refractivity contribution in [2.75, 3.05) is 0 Å². The third-order valence-electron chi connectivity index (χ3n) is 2.65. The number of aryl methyl sites for hydroxylation is 1. The minimum atomic E-state index is -1.11. The van der Waals surface area contributed by atoms with Gasteiger partial charge in [-0.3, -0.25) is 9.89 Å². The first kappa shape index (κ1) is 11.4. The summed E-state index contributed by atoms with van der Waals surface area (Å²) < 4.78 is 1.17. The summed E-state index contributed by atoms with van der Waals surface area (Å²) in [6.45, 7) is 5.56. The Kier molecular flexibility index (Phi) is 2.49. The molecule has 0 aliphatic heterocycles. The number of hydrogen-bond donors (Lipinski definition) is 2. The number of aromatic carboxylic acids is 1. The highest BCUT2D eigenvalue weighted by Gasteiger charge is 2.16. The summed E-state index contributed by atoms with van der Waals surface area (Å²) in [6.07, 6.45) is 0. The molecule has 0 amide bonds. The van der Waals surface area contributed by atoms with Gasteiger partial charge in [-0.25, -0.2) is 14.3 Å². The highest BCUT2D eigenvalue weighted by molar-refractivity contribution is 5.86. The lowest BCUT2D eigenvalue weighted by Gasteiger charge is -2.07. The molecule has 0 atom stereocenters. The lowest BCUT2D eigenvalue weighted by atomic mass is 10.0. The van der Waals surface area contributed by atoms with E-state index in [0.29, 0.717) is 16.9 Å². The van der Waals surface area contributed by atoms with E-state index in [1.165, 1.54) is 10.6 Å². The Morgan fingerprint density at radius 2 is 2.18 bits per heavy atom. The third kappa shape index (κ3) is 1.71. The molecule has 0 unspecified atom stereocenters. The second kappa shape index (κ2) is 3.73. The highest BCUT2D eigenvalue weighted by atomic mass is 16.4. The fourth-order valence-electron chi connectivity index (χ4n) is 1.92. The van der Waals surface area contributed by atoms with Crippen molar-refractivity contribution >= 4 is 11.6 Å². The number of carboxylic acid groups (broad SMARTS) is 1. The Morgan fingerprint density at radius 3 is 2.71 bits per heavy atom. The molecule has 2 aromatic heterocycles. The van der Waals surface area contributed by atoms with Gasteiger partial charge in [-0.1, -0.05) is 13.8 Å². The Morgan fingerprint density at radius 1 is 1.53 bits per heavy atom. The van der Waals surface area contributed by atoms with Gasteiger partial charge in [-0.05, 0) is 12.8 Å². The zero-order valence-electron chi connectivity index (χ0n) is 9.81. The molecule has 2 rings (SSSR count). The van der Waals surface area contributed by atoms with Crippen LogP contribution in [0, 0.1) is 6.92 Å². The number of hydrogen-bond acceptors (Lipinski definition) is 3. The molecule has 0 saturated carbocycles. The summed E-state index contributed by atoms with van der Waals surface area (Å²) in [7, 11) is 0. The van der Waals surface area contributed by atoms with Gasteiger partial charge < -0.3 is 5.11 Å². The standard InChI is InChI=1S/C11H13N3O3/c1-5(2)9-6(3)12-8-4-7(11(16)17)13-14(8)10(9)15/h4-5,13H,1-3H3,(H,16,17). The van der Waals surface area contributed by atoms with Gasteiger partial charge in [0.2, 0.25) is 0 Å². The molecule has 2 aromatic rings. The molecule has 0 radical (unpaired) electrons. The maximum Gasteiger partial charge on any atom is 0.353 e. The molecule has 6 heteroatoms. The number of carbonyl (C=O) groups is 1. The van der Waals surface area contributed by atoms with Crippen LogP contribution in [0.4, 0.5) is 0 Å². The van der Waals surface area contributed by atoms with E-state index in [-0.39, 0.29) is 17.2 Å². The van der Waals surface area contributed by atoms with E-state index in [4.69, 9.17) is 5.11 Å². The number of aromatic amines is 1. The average molecular weight is 235 g/mol. The van der Waals surface area contributed by atoms with E-state index >= 15 is 0 Å². The topological polar surface area (TPSA) is 87.5 Å². The first-order chi connectivity index (χ1) is 7.91. The smallest absolute Gasteiger partial charge is 0.353 e. The number of nitrogens with one attached hydrogen (secondary N) is 1. The number of nitrogens with zero attached hydrogens (tertiary/aromatic N) is 2. The fraction of sp³-hybridized carbons (Fsp3) is 0.364. The van der Waals surface area contributed by atoms with E-state index in [9.17, 15) is 9.59 Å². The molecular weight excluding hydrogens is 222 g/mol.